The Morgan fingerprint density at radius 3 is 0.904 bits per heavy atom. The zero-order valence-corrected chi connectivity index (χ0v) is 72.8. The highest BCUT2D eigenvalue weighted by atomic mass is 16.6. The van der Waals surface area contributed by atoms with Crippen molar-refractivity contribution in [1.29, 1.82) is 0 Å². The Bertz CT molecular complexity index is 3100. The third-order valence-corrected chi connectivity index (χ3v) is 31.5. The van der Waals surface area contributed by atoms with Crippen LogP contribution in [0.1, 0.15) is 328 Å². The van der Waals surface area contributed by atoms with Crippen LogP contribution in [0.25, 0.3) is 0 Å². The highest BCUT2D eigenvalue weighted by Crippen LogP contribution is 2.61. The average Bonchev–Trinajstić information content (AvgIpc) is 0.740. The summed E-state index contributed by atoms with van der Waals surface area (Å²) in [7, 11) is 0. The Hall–Kier alpha value is -5.30. The van der Waals surface area contributed by atoms with Gasteiger partial charge in [0, 0.05) is 12.8 Å². The van der Waals surface area contributed by atoms with Gasteiger partial charge in [-0.1, -0.05) is 69.2 Å². The molecular weight excluding hydrogens is 1460 g/mol. The largest absolute Gasteiger partial charge is 0.465 e. The maximum atomic E-state index is 12.3. The number of unbranched alkanes of at least 4 members (excludes halogenated alkanes) is 1. The van der Waals surface area contributed by atoms with Crippen molar-refractivity contribution in [2.45, 2.75) is 370 Å². The minimum absolute atomic E-state index is 0.0353. The molecule has 20 saturated carbocycles. The van der Waals surface area contributed by atoms with E-state index in [2.05, 4.69) is 6.92 Å². The zero-order chi connectivity index (χ0) is 82.5. The van der Waals surface area contributed by atoms with E-state index in [9.17, 15) is 47.9 Å². The standard InChI is InChI=1S/C20H32O4.3C19H30O4.C18H28O4/c1-3-13(2)20(22)23-7-5-4-6-18(21)24-19-16-9-14-8-15(11-16)12-17(19)10-14;1-4-11(2)19(21)22-12(3)5-17(20)23-18-15-7-13-6-14(9-15)10-16(18)8-13;1-4-12(2)18(21)22-6-5-17(20)23-19(3)15-8-13-7-14(10-15)11-16(19)9-13;1-3-12(2)19(21)22-6-4-5-17(20)23-18-15-8-13-7-14(10-15)11-16(18)9-13;1-4-10(2)17(19)21-11(3)18(20)22-16-14-6-12-5-13(8-14)9-15(16)7-12/h13-17,19H,3-12H2,1-2H3;11-16,18H,4-10H2,1-3H3;12-16H,4-11H2,1-3H3;12-16,18H,3-11H2,1-2H3;10-16H,4-9H2,1-3H3. The van der Waals surface area contributed by atoms with Gasteiger partial charge in [0.05, 0.1) is 55.6 Å². The predicted molar refractivity (Wildman–Crippen MR) is 433 cm³/mol. The van der Waals surface area contributed by atoms with Crippen LogP contribution >= 0.6 is 0 Å². The van der Waals surface area contributed by atoms with E-state index in [1.807, 2.05) is 69.2 Å². The van der Waals surface area contributed by atoms with Crippen molar-refractivity contribution in [2.75, 3.05) is 19.8 Å². The van der Waals surface area contributed by atoms with Crippen molar-refractivity contribution in [1.82, 2.24) is 0 Å². The van der Waals surface area contributed by atoms with Crippen LogP contribution in [0.2, 0.25) is 0 Å². The summed E-state index contributed by atoms with van der Waals surface area (Å²) < 4.78 is 55.4. The molecule has 20 heteroatoms. The molecule has 0 aromatic carbocycles. The van der Waals surface area contributed by atoms with Gasteiger partial charge in [0.15, 0.2) is 6.10 Å². The fourth-order valence-electron chi connectivity index (χ4n) is 25.1. The second kappa shape index (κ2) is 41.8. The SMILES string of the molecule is CCC(C)C(=O)OC(C)C(=O)OC1C2CC3CC(C2)CC1C3.CCC(C)C(=O)OC(C)CC(=O)OC1C2CC3CC(C2)CC1C3.CCC(C)C(=O)OCCC(=O)OC1(C)C2CC3CC(C2)CC1C3.CCC(C)C(=O)OCCCC(=O)OC1C2CC3CC(C2)CC1C3.CCC(C)C(=O)OCCCCC(=O)OC1C2CC3CC(C2)CC1C3. The predicted octanol–water partition coefficient (Wildman–Crippen LogP) is 18.6. The van der Waals surface area contributed by atoms with Crippen LogP contribution < -0.4 is 0 Å². The molecule has 7 unspecified atom stereocenters. The summed E-state index contributed by atoms with van der Waals surface area (Å²) in [5.74, 6) is 12.1. The molecule has 7 atom stereocenters. The van der Waals surface area contributed by atoms with Crippen LogP contribution in [0.15, 0.2) is 0 Å². The molecule has 20 nitrogen and oxygen atoms in total. The molecular formula is C95H150O20. The van der Waals surface area contributed by atoms with Crippen molar-refractivity contribution in [3.8, 4) is 0 Å². The highest BCUT2D eigenvalue weighted by Gasteiger charge is 2.58. The molecule has 0 aromatic rings. The van der Waals surface area contributed by atoms with Gasteiger partial charge in [-0.15, -0.1) is 0 Å². The lowest BCUT2D eigenvalue weighted by atomic mass is 9.50. The van der Waals surface area contributed by atoms with Crippen molar-refractivity contribution in [3.63, 3.8) is 0 Å². The first-order chi connectivity index (χ1) is 55.0. The fraction of sp³-hybridized carbons (Fsp3) is 0.895. The molecule has 0 radical (unpaired) electrons. The van der Waals surface area contributed by atoms with Crippen LogP contribution in [0.3, 0.4) is 0 Å². The van der Waals surface area contributed by atoms with Crippen LogP contribution in [0, 0.1) is 148 Å². The van der Waals surface area contributed by atoms with Crippen LogP contribution in [0.4, 0.5) is 0 Å². The summed E-state index contributed by atoms with van der Waals surface area (Å²) in [6.45, 7) is 25.5. The van der Waals surface area contributed by atoms with Gasteiger partial charge in [-0.05, 0) is 351 Å². The van der Waals surface area contributed by atoms with Gasteiger partial charge in [0.2, 0.25) is 0 Å². The molecule has 0 heterocycles. The summed E-state index contributed by atoms with van der Waals surface area (Å²) in [6.07, 6.45) is 38.2. The number of carbonyl (C=O) groups excluding carboxylic acids is 10. The smallest absolute Gasteiger partial charge is 0.347 e. The second-order valence-corrected chi connectivity index (χ2v) is 40.3. The molecule has 0 aliphatic heterocycles. The topological polar surface area (TPSA) is 263 Å². The Labute approximate surface area is 689 Å². The normalized spacial score (nSPS) is 37.1. The van der Waals surface area contributed by atoms with Gasteiger partial charge in [-0.2, -0.15) is 0 Å². The third kappa shape index (κ3) is 24.1. The molecule has 0 spiro atoms. The Morgan fingerprint density at radius 1 is 0.287 bits per heavy atom. The highest BCUT2D eigenvalue weighted by molar-refractivity contribution is 5.80. The number of ether oxygens (including phenoxy) is 10. The average molecular weight is 1610 g/mol. The molecule has 0 aromatic heterocycles. The lowest BCUT2D eigenvalue weighted by molar-refractivity contribution is -0.204. The molecule has 20 aliphatic carbocycles. The molecule has 0 N–H and O–H groups in total. The van der Waals surface area contributed by atoms with E-state index in [0.29, 0.717) is 91.7 Å². The molecule has 0 amide bonds. The Morgan fingerprint density at radius 2 is 0.565 bits per heavy atom. The maximum Gasteiger partial charge on any atom is 0.347 e. The molecule has 650 valence electrons. The molecule has 20 fully saturated rings. The Balaban J connectivity index is 0.000000142. The first-order valence-corrected chi connectivity index (χ1v) is 46.9. The zero-order valence-electron chi connectivity index (χ0n) is 72.8. The quantitative estimate of drug-likeness (QED) is 0.0344. The van der Waals surface area contributed by atoms with E-state index in [0.717, 1.165) is 104 Å². The van der Waals surface area contributed by atoms with Gasteiger partial charge in [0.25, 0.3) is 0 Å². The van der Waals surface area contributed by atoms with Crippen LogP contribution in [-0.2, 0) is 95.3 Å². The van der Waals surface area contributed by atoms with E-state index in [1.165, 1.54) is 161 Å². The summed E-state index contributed by atoms with van der Waals surface area (Å²) in [4.78, 5) is 119. The van der Waals surface area contributed by atoms with Crippen molar-refractivity contribution in [2.24, 2.45) is 148 Å². The van der Waals surface area contributed by atoms with Crippen molar-refractivity contribution >= 4 is 59.7 Å². The van der Waals surface area contributed by atoms with Crippen LogP contribution in [0.5, 0.6) is 0 Å². The van der Waals surface area contributed by atoms with Crippen molar-refractivity contribution < 1.29 is 95.3 Å². The molecule has 20 rings (SSSR count). The number of esters is 10. The van der Waals surface area contributed by atoms with Crippen LogP contribution in [-0.4, -0.2) is 122 Å². The van der Waals surface area contributed by atoms with Gasteiger partial charge in [-0.3, -0.25) is 43.2 Å². The van der Waals surface area contributed by atoms with Gasteiger partial charge < -0.3 is 47.4 Å². The number of carbonyl (C=O) groups is 10. The molecule has 0 saturated heterocycles. The minimum atomic E-state index is -0.793. The van der Waals surface area contributed by atoms with Gasteiger partial charge >= 0.3 is 59.7 Å². The fourth-order valence-corrected chi connectivity index (χ4v) is 25.1. The molecule has 20 bridgehead atoms. The number of hydrogen-bond acceptors (Lipinski definition) is 20. The number of hydrogen-bond donors (Lipinski definition) is 0. The van der Waals surface area contributed by atoms with Gasteiger partial charge in [0.1, 0.15) is 42.7 Å². The van der Waals surface area contributed by atoms with E-state index in [1.54, 1.807) is 13.8 Å². The minimum Gasteiger partial charge on any atom is -0.465 e. The molecule has 115 heavy (non-hydrogen) atoms. The van der Waals surface area contributed by atoms with Gasteiger partial charge in [-0.25, -0.2) is 4.79 Å². The summed E-state index contributed by atoms with van der Waals surface area (Å²) >= 11 is 0. The summed E-state index contributed by atoms with van der Waals surface area (Å²) in [5.41, 5.74) is -0.286. The summed E-state index contributed by atoms with van der Waals surface area (Å²) in [5, 5.41) is 0. The van der Waals surface area contributed by atoms with Crippen molar-refractivity contribution in [3.05, 3.63) is 0 Å². The van der Waals surface area contributed by atoms with E-state index < -0.39 is 12.2 Å². The first-order valence-electron chi connectivity index (χ1n) is 46.9. The monoisotopic (exact) mass is 1610 g/mol. The molecule has 20 aliphatic rings. The van der Waals surface area contributed by atoms with E-state index >= 15 is 0 Å². The second-order valence-electron chi connectivity index (χ2n) is 40.3. The first kappa shape index (κ1) is 90.5. The Kier molecular flexibility index (Phi) is 32.9. The summed E-state index contributed by atoms with van der Waals surface area (Å²) in [6, 6.07) is 0. The lowest BCUT2D eigenvalue weighted by Gasteiger charge is -2.59. The number of rotatable bonds is 32. The lowest BCUT2D eigenvalue weighted by Crippen LogP contribution is -2.58. The van der Waals surface area contributed by atoms with E-state index in [4.69, 9.17) is 47.4 Å². The maximum absolute atomic E-state index is 12.3. The van der Waals surface area contributed by atoms with E-state index in [-0.39, 0.29) is 139 Å². The third-order valence-electron chi connectivity index (χ3n) is 31.5.